The minimum absolute atomic E-state index is 0.103. The zero-order valence-corrected chi connectivity index (χ0v) is 101. The highest BCUT2D eigenvalue weighted by molar-refractivity contribution is 5.69. The molecule has 10 saturated heterocycles. The molecule has 146 heavy (non-hydrogen) atoms. The summed E-state index contributed by atoms with van der Waals surface area (Å²) in [6.45, 7) is 123. The van der Waals surface area contributed by atoms with E-state index in [9.17, 15) is 14.4 Å². The summed E-state index contributed by atoms with van der Waals surface area (Å²) in [6.07, 6.45) is 19.4. The fraction of sp³-hybridized carbons (Fsp3) is 0.870. The number of carboxylic acid groups (broad SMARTS) is 1. The Kier molecular flexibility index (Phi) is 52.5. The molecule has 31 heteroatoms. The molecule has 0 bridgehead atoms. The van der Waals surface area contributed by atoms with Gasteiger partial charge >= 0.3 is 18.0 Å². The second-order valence-electron chi connectivity index (χ2n) is 53.5. The molecule has 10 aliphatic heterocycles. The van der Waals surface area contributed by atoms with E-state index in [1.54, 1.807) is 12.4 Å². The summed E-state index contributed by atoms with van der Waals surface area (Å²) in [5.41, 5.74) is 3.78. The number of anilines is 3. The summed E-state index contributed by atoms with van der Waals surface area (Å²) in [4.78, 5) is 77.4. The normalized spacial score (nSPS) is 21.9. The van der Waals surface area contributed by atoms with Crippen LogP contribution >= 0.6 is 0 Å². The van der Waals surface area contributed by atoms with Gasteiger partial charge in [-0.15, -0.1) is 10.2 Å². The Morgan fingerprint density at radius 2 is 0.788 bits per heavy atom. The van der Waals surface area contributed by atoms with Gasteiger partial charge in [-0.05, 0) is 333 Å². The average molecular weight is 2050 g/mol. The van der Waals surface area contributed by atoms with Gasteiger partial charge in [0.05, 0.1) is 26.1 Å². The monoisotopic (exact) mass is 2050 g/mol. The third-order valence-corrected chi connectivity index (χ3v) is 30.2. The molecular formula is C115H222N24O7. The first kappa shape index (κ1) is 130. The molecule has 1 saturated carbocycles. The number of piperazine rings is 8. The number of likely N-dealkylation sites (tertiary alicyclic amines) is 2. The quantitative estimate of drug-likeness (QED) is 0.120. The van der Waals surface area contributed by atoms with Crippen molar-refractivity contribution in [3.8, 4) is 12.5 Å². The van der Waals surface area contributed by atoms with Crippen molar-refractivity contribution in [3.63, 3.8) is 0 Å². The van der Waals surface area contributed by atoms with Crippen molar-refractivity contribution in [2.75, 3.05) is 251 Å². The van der Waals surface area contributed by atoms with Crippen molar-refractivity contribution >= 4 is 35.4 Å². The minimum atomic E-state index is -0.908. The lowest BCUT2D eigenvalue weighted by atomic mass is 10.0. The highest BCUT2D eigenvalue weighted by Crippen LogP contribution is 2.33. The van der Waals surface area contributed by atoms with E-state index >= 15 is 0 Å². The first-order valence-electron chi connectivity index (χ1n) is 56.4. The fourth-order valence-electron chi connectivity index (χ4n) is 20.8. The number of ether oxygens (including phenoxy) is 2. The molecule has 3 aromatic rings. The van der Waals surface area contributed by atoms with Crippen molar-refractivity contribution in [2.45, 2.75) is 419 Å². The molecule has 31 nitrogen and oxygen atoms in total. The van der Waals surface area contributed by atoms with E-state index in [1.807, 2.05) is 30.6 Å². The summed E-state index contributed by atoms with van der Waals surface area (Å²) in [5.74, 6) is 0.352. The molecule has 2 N–H and O–H groups in total. The molecule has 1 amide bonds. The largest absolute Gasteiger partial charge is 0.480 e. The van der Waals surface area contributed by atoms with Crippen molar-refractivity contribution in [3.05, 3.63) is 42.7 Å². The van der Waals surface area contributed by atoms with Crippen molar-refractivity contribution in [1.29, 1.82) is 0 Å². The van der Waals surface area contributed by atoms with Gasteiger partial charge in [-0.25, -0.2) is 14.2 Å². The van der Waals surface area contributed by atoms with E-state index in [-0.39, 0.29) is 47.3 Å². The van der Waals surface area contributed by atoms with Crippen molar-refractivity contribution in [1.82, 2.24) is 103 Å². The van der Waals surface area contributed by atoms with Gasteiger partial charge in [0.25, 0.3) is 0 Å². The number of nitrogens with zero attached hydrogens (tertiary/aromatic N) is 24. The number of amides is 1. The Morgan fingerprint density at radius 1 is 0.425 bits per heavy atom. The van der Waals surface area contributed by atoms with Gasteiger partial charge < -0.3 is 49.1 Å². The summed E-state index contributed by atoms with van der Waals surface area (Å²) in [5, 5.41) is 33.7. The third-order valence-electron chi connectivity index (χ3n) is 30.2. The summed E-state index contributed by atoms with van der Waals surface area (Å²) >= 11 is 0. The second kappa shape index (κ2) is 58.8. The zero-order chi connectivity index (χ0) is 110. The number of carbonyl (C=O) groups is 3. The average Bonchev–Trinajstić information content (AvgIpc) is 1.66. The first-order chi connectivity index (χ1) is 67.5. The highest BCUT2D eigenvalue weighted by atomic mass is 16.6. The van der Waals surface area contributed by atoms with Crippen molar-refractivity contribution in [2.24, 2.45) is 0 Å². The Morgan fingerprint density at radius 3 is 1.11 bits per heavy atom. The molecule has 1 aromatic carbocycles. The molecule has 3 atom stereocenters. The summed E-state index contributed by atoms with van der Waals surface area (Å²) in [7, 11) is 1.37. The Hall–Kier alpha value is -6.09. The number of hydrogen-bond acceptors (Lipinski definition) is 27. The zero-order valence-electron chi connectivity index (χ0n) is 101. The number of methoxy groups -OCH3 is 1. The van der Waals surface area contributed by atoms with Gasteiger partial charge in [0.15, 0.2) is 11.6 Å². The predicted molar refractivity (Wildman–Crippen MR) is 611 cm³/mol. The van der Waals surface area contributed by atoms with Crippen LogP contribution in [-0.4, -0.2) is 459 Å². The van der Waals surface area contributed by atoms with E-state index in [1.165, 1.54) is 172 Å². The molecule has 1 unspecified atom stereocenters. The van der Waals surface area contributed by atoms with Crippen LogP contribution in [0.15, 0.2) is 42.7 Å². The molecule has 0 spiro atoms. The highest BCUT2D eigenvalue weighted by Gasteiger charge is 2.40. The minimum Gasteiger partial charge on any atom is -0.480 e. The number of carbonyl (C=O) groups excluding carboxylic acids is 2. The van der Waals surface area contributed by atoms with Gasteiger partial charge in [-0.2, -0.15) is 0 Å². The maximum Gasteiger partial charge on any atom is 0.410 e. The predicted octanol–water partition coefficient (Wildman–Crippen LogP) is 16.1. The molecule has 0 radical (unpaired) electrons. The Bertz CT molecular complexity index is 4080. The van der Waals surface area contributed by atoms with E-state index in [0.29, 0.717) is 58.0 Å². The maximum atomic E-state index is 12.0. The lowest BCUT2D eigenvalue weighted by Crippen LogP contribution is -2.59. The Labute approximate surface area is 892 Å². The van der Waals surface area contributed by atoms with Gasteiger partial charge in [0.2, 0.25) is 0 Å². The van der Waals surface area contributed by atoms with E-state index in [4.69, 9.17) is 21.4 Å². The molecule has 1 aliphatic carbocycles. The fourth-order valence-corrected chi connectivity index (χ4v) is 20.8. The number of esters is 1. The van der Waals surface area contributed by atoms with E-state index in [0.717, 1.165) is 148 Å². The van der Waals surface area contributed by atoms with Crippen LogP contribution in [0.5, 0.6) is 0 Å². The van der Waals surface area contributed by atoms with E-state index in [2.05, 4.69) is 382 Å². The number of hydrogen-bond donors (Lipinski definition) is 2. The van der Waals surface area contributed by atoms with Gasteiger partial charge in [-0.3, -0.25) is 68.4 Å². The van der Waals surface area contributed by atoms with Crippen LogP contribution in [0.2, 0.25) is 0 Å². The number of aromatic nitrogens is 6. The van der Waals surface area contributed by atoms with Crippen LogP contribution in [0.1, 0.15) is 314 Å². The number of aliphatic hydroxyl groups excluding tert-OH is 1. The molecular weight excluding hydrogens is 1830 g/mol. The number of aliphatic hydroxyl groups is 1. The molecule has 12 heterocycles. The van der Waals surface area contributed by atoms with Crippen LogP contribution in [0.4, 0.5) is 22.1 Å². The second-order valence-corrected chi connectivity index (χ2v) is 53.5. The first-order valence-corrected chi connectivity index (χ1v) is 56.4. The lowest BCUT2D eigenvalue weighted by molar-refractivity contribution is -0.141. The van der Waals surface area contributed by atoms with Crippen LogP contribution < -0.4 is 14.7 Å². The topological polar surface area (TPSA) is 230 Å². The Balaban J connectivity index is 0.000000287. The number of rotatable bonds is 13. The van der Waals surface area contributed by atoms with E-state index < -0.39 is 11.6 Å². The van der Waals surface area contributed by atoms with Crippen LogP contribution in [-0.2, 0) is 32.2 Å². The number of para-hydroxylation sites is 1. The smallest absolute Gasteiger partial charge is 0.410 e. The molecule has 11 aliphatic rings. The standard InChI is InChI=1S/C14H28N2O2.C14H22N2.C13H23N5O2.C12H21N5O2.C12H26N2.C11H22N2.C11H24N2.C10H18N2.C9H19NO.C9H19N/c1-11-10-15(12(17)18-14(5,6)7)8-9-16(11)13(2,3)4;1-14(2,3)16-11-9-15(10-12-16)13-7-5-4-6-8-13;1-13(2,3)17-7-5-16(6-8-17)11-9-18(15-14-11)10-12(19)20-4;1-12(2,3)16-6-4-15(5-7-16)10-8-17(14-13-10)9-11(18)19;1-5-6-7-13-8-10-14(11-9-13)12(2,3)4;1-11(2,3)13-8-6-12(7-9-13)10-4-5-10;1-10(2)12-6-8-13(9-7-12)11(3,4)5;1-5-11-6-8-12(9-7-11)10(2,3)4;1-9(2,3)10-6-4-5-8(10)7-11;1-8-6-5-7-10(8)9(2,3)4/h11H,8-10H2,1-7H3;4-8H,9-12H2,1-3H3;9H,5-8,10H2,1-4H3;8H,4-7,9H2,1-3H3,(H,18,19);5-11H2,1-4H3;10H,4-9H2,1-3H3;10H,6-9H2,1-5H3;1H,6-9H2,2-4H3;8,11H,4-7H2,1-3H3;8H,5-7H2,1-4H3/t11-;;;;;;;;;8-/m1........1/s1. The molecule has 14 rings (SSSR count). The third kappa shape index (κ3) is 47.7. The molecule has 11 fully saturated rings. The van der Waals surface area contributed by atoms with Gasteiger partial charge in [0.1, 0.15) is 18.7 Å². The van der Waals surface area contributed by atoms with Crippen LogP contribution in [0.25, 0.3) is 0 Å². The number of terminal acetylenes is 1. The van der Waals surface area contributed by atoms with Crippen LogP contribution in [0.3, 0.4) is 0 Å². The van der Waals surface area contributed by atoms with Crippen molar-refractivity contribution < 1.29 is 34.1 Å². The lowest BCUT2D eigenvalue weighted by Gasteiger charge is -2.46. The maximum absolute atomic E-state index is 12.0. The number of carboxylic acids is 1. The summed E-state index contributed by atoms with van der Waals surface area (Å²) < 4.78 is 12.9. The van der Waals surface area contributed by atoms with Gasteiger partial charge in [-0.1, -0.05) is 48.4 Å². The number of benzene rings is 1. The van der Waals surface area contributed by atoms with Gasteiger partial charge in [0, 0.05) is 300 Å². The molecule has 844 valence electrons. The van der Waals surface area contributed by atoms with Crippen LogP contribution in [0, 0.1) is 12.5 Å². The number of unbranched alkanes of at least 4 members (excludes halogenated alkanes) is 1. The number of aliphatic carboxylic acids is 1. The summed E-state index contributed by atoms with van der Waals surface area (Å²) in [6, 6.07) is 16.7. The SMILES string of the molecule is C#CN1CCN(C(C)(C)C)CC1.CC(C)(C)N1CCCC1CO.CC(C)(C)N1CCN(C2CC2)CC1.CC(C)(C)N1CCN(c2ccccc2)CC1.CC(C)(C)N1CCN(c2cn(CC(=O)O)nn2)CC1.CC(C)N1CCN(C(C)(C)C)CC1.CCCCN1CCN(C(C)(C)C)CC1.COC(=O)Cn1cc(N2CCN(C(C)(C)C)CC2)nn1.C[C@@H]1CCCN1C(C)(C)C.C[C@@H]1CN(C(=O)OC(C)(C)C)CCN1C(C)(C)C. The molecule has 2 aromatic heterocycles.